The van der Waals surface area contributed by atoms with Gasteiger partial charge in [-0.2, -0.15) is 0 Å². The monoisotopic (exact) mass is 281 g/mol. The minimum Gasteiger partial charge on any atom is -0.489 e. The summed E-state index contributed by atoms with van der Waals surface area (Å²) >= 11 is 0. The lowest BCUT2D eigenvalue weighted by molar-refractivity contribution is -0.146. The van der Waals surface area contributed by atoms with Crippen LogP contribution in [0.2, 0.25) is 0 Å². The molecule has 0 radical (unpaired) electrons. The largest absolute Gasteiger partial charge is 0.489 e. The maximum Gasteiger partial charge on any atom is 0.310 e. The smallest absolute Gasteiger partial charge is 0.310 e. The van der Waals surface area contributed by atoms with Crippen molar-refractivity contribution in [3.63, 3.8) is 0 Å². The van der Waals surface area contributed by atoms with Crippen LogP contribution in [-0.2, 0) is 9.53 Å². The van der Waals surface area contributed by atoms with Crippen LogP contribution in [0.15, 0.2) is 24.3 Å². The normalized spacial score (nSPS) is 22.8. The van der Waals surface area contributed by atoms with Crippen molar-refractivity contribution in [3.05, 3.63) is 30.1 Å². The maximum absolute atomic E-state index is 13.4. The average molecular weight is 281 g/mol. The van der Waals surface area contributed by atoms with Gasteiger partial charge in [0.15, 0.2) is 11.6 Å². The van der Waals surface area contributed by atoms with E-state index in [4.69, 9.17) is 9.47 Å². The van der Waals surface area contributed by atoms with Crippen molar-refractivity contribution < 1.29 is 18.7 Å². The number of halogens is 1. The molecule has 20 heavy (non-hydrogen) atoms. The molecule has 1 aromatic rings. The van der Waals surface area contributed by atoms with E-state index in [0.29, 0.717) is 19.7 Å². The highest BCUT2D eigenvalue weighted by Crippen LogP contribution is 2.24. The van der Waals surface area contributed by atoms with Gasteiger partial charge in [0.1, 0.15) is 6.61 Å². The van der Waals surface area contributed by atoms with Gasteiger partial charge in [0.2, 0.25) is 0 Å². The van der Waals surface area contributed by atoms with Crippen LogP contribution in [0.3, 0.4) is 0 Å². The van der Waals surface area contributed by atoms with E-state index in [1.165, 1.54) is 13.2 Å². The molecule has 2 rings (SSSR count). The van der Waals surface area contributed by atoms with Crippen LogP contribution in [0.4, 0.5) is 4.39 Å². The van der Waals surface area contributed by atoms with Gasteiger partial charge in [-0.3, -0.25) is 9.69 Å². The Morgan fingerprint density at radius 1 is 1.40 bits per heavy atom. The number of likely N-dealkylation sites (tertiary alicyclic amines) is 1. The first-order valence-corrected chi connectivity index (χ1v) is 6.79. The van der Waals surface area contributed by atoms with Crippen LogP contribution in [0, 0.1) is 17.7 Å². The van der Waals surface area contributed by atoms with E-state index < -0.39 is 0 Å². The molecule has 1 aliphatic rings. The minimum absolute atomic E-state index is 0.0755. The summed E-state index contributed by atoms with van der Waals surface area (Å²) < 4.78 is 23.6. The van der Waals surface area contributed by atoms with Crippen molar-refractivity contribution in [1.82, 2.24) is 4.90 Å². The molecule has 0 aromatic heterocycles. The Bertz CT molecular complexity index is 466. The first-order chi connectivity index (χ1) is 9.61. The molecule has 0 amide bonds. The molecule has 0 spiro atoms. The average Bonchev–Trinajstić information content (AvgIpc) is 2.81. The van der Waals surface area contributed by atoms with Crippen molar-refractivity contribution in [3.8, 4) is 5.75 Å². The van der Waals surface area contributed by atoms with E-state index in [-0.39, 0.29) is 29.4 Å². The summed E-state index contributed by atoms with van der Waals surface area (Å²) in [5.74, 6) is -0.0432. The predicted molar refractivity (Wildman–Crippen MR) is 73.0 cm³/mol. The molecule has 0 aliphatic carbocycles. The highest BCUT2D eigenvalue weighted by Gasteiger charge is 2.35. The Morgan fingerprint density at radius 2 is 2.15 bits per heavy atom. The number of benzene rings is 1. The summed E-state index contributed by atoms with van der Waals surface area (Å²) in [6, 6.07) is 6.36. The molecular weight excluding hydrogens is 261 g/mol. The number of ether oxygens (including phenoxy) is 2. The molecule has 110 valence electrons. The molecule has 1 saturated heterocycles. The topological polar surface area (TPSA) is 38.8 Å². The first kappa shape index (κ1) is 14.8. The third-order valence-corrected chi connectivity index (χ3v) is 3.69. The quantitative estimate of drug-likeness (QED) is 0.773. The molecule has 2 unspecified atom stereocenters. The molecule has 1 fully saturated rings. The minimum atomic E-state index is -0.352. The van der Waals surface area contributed by atoms with Crippen LogP contribution in [-0.4, -0.2) is 44.2 Å². The van der Waals surface area contributed by atoms with E-state index in [0.717, 1.165) is 6.54 Å². The standard InChI is InChI=1S/C15H20FNO3/c1-11-9-17(10-12(11)15(18)19-2)7-8-20-14-6-4-3-5-13(14)16/h3-6,11-12H,7-10H2,1-2H3. The molecule has 5 heteroatoms. The lowest BCUT2D eigenvalue weighted by Gasteiger charge is -2.16. The Hall–Kier alpha value is -1.62. The number of nitrogens with zero attached hydrogens (tertiary/aromatic N) is 1. The van der Waals surface area contributed by atoms with Gasteiger partial charge in [-0.15, -0.1) is 0 Å². The summed E-state index contributed by atoms with van der Waals surface area (Å²) in [5.41, 5.74) is 0. The third-order valence-electron chi connectivity index (χ3n) is 3.69. The Labute approximate surface area is 118 Å². The summed E-state index contributed by atoms with van der Waals surface area (Å²) in [5, 5.41) is 0. The lowest BCUT2D eigenvalue weighted by Crippen LogP contribution is -2.28. The molecular formula is C15H20FNO3. The van der Waals surface area contributed by atoms with Crippen molar-refractivity contribution in [1.29, 1.82) is 0 Å². The number of para-hydroxylation sites is 1. The lowest BCUT2D eigenvalue weighted by atomic mass is 9.99. The van der Waals surface area contributed by atoms with Crippen molar-refractivity contribution in [2.45, 2.75) is 6.92 Å². The molecule has 0 saturated carbocycles. The second-order valence-corrected chi connectivity index (χ2v) is 5.15. The Balaban J connectivity index is 1.78. The van der Waals surface area contributed by atoms with Crippen LogP contribution < -0.4 is 4.74 Å². The van der Waals surface area contributed by atoms with E-state index in [1.54, 1.807) is 18.2 Å². The van der Waals surface area contributed by atoms with Crippen LogP contribution >= 0.6 is 0 Å². The van der Waals surface area contributed by atoms with Gasteiger partial charge in [-0.1, -0.05) is 19.1 Å². The van der Waals surface area contributed by atoms with Gasteiger partial charge in [-0.05, 0) is 18.1 Å². The van der Waals surface area contributed by atoms with Gasteiger partial charge in [0.05, 0.1) is 13.0 Å². The number of hydrogen-bond acceptors (Lipinski definition) is 4. The fourth-order valence-corrected chi connectivity index (χ4v) is 2.55. The zero-order valence-electron chi connectivity index (χ0n) is 11.8. The number of esters is 1. The van der Waals surface area contributed by atoms with Gasteiger partial charge < -0.3 is 9.47 Å². The zero-order valence-corrected chi connectivity index (χ0v) is 11.8. The first-order valence-electron chi connectivity index (χ1n) is 6.79. The Kier molecular flexibility index (Phi) is 4.95. The number of methoxy groups -OCH3 is 1. The summed E-state index contributed by atoms with van der Waals surface area (Å²) in [4.78, 5) is 13.7. The van der Waals surface area contributed by atoms with Crippen molar-refractivity contribution >= 4 is 5.97 Å². The fourth-order valence-electron chi connectivity index (χ4n) is 2.55. The van der Waals surface area contributed by atoms with Gasteiger partial charge >= 0.3 is 5.97 Å². The molecule has 1 aliphatic heterocycles. The van der Waals surface area contributed by atoms with E-state index in [1.807, 2.05) is 6.92 Å². The predicted octanol–water partition coefficient (Wildman–Crippen LogP) is 1.95. The van der Waals surface area contributed by atoms with E-state index in [9.17, 15) is 9.18 Å². The van der Waals surface area contributed by atoms with Crippen molar-refractivity contribution in [2.75, 3.05) is 33.4 Å². The second-order valence-electron chi connectivity index (χ2n) is 5.15. The van der Waals surface area contributed by atoms with Gasteiger partial charge in [0.25, 0.3) is 0 Å². The molecule has 1 heterocycles. The van der Waals surface area contributed by atoms with E-state index in [2.05, 4.69) is 4.90 Å². The molecule has 4 nitrogen and oxygen atoms in total. The van der Waals surface area contributed by atoms with Crippen LogP contribution in [0.25, 0.3) is 0 Å². The number of carbonyl (C=O) groups excluding carboxylic acids is 1. The highest BCUT2D eigenvalue weighted by molar-refractivity contribution is 5.73. The summed E-state index contributed by atoms with van der Waals surface area (Å²) in [7, 11) is 1.42. The summed E-state index contributed by atoms with van der Waals surface area (Å²) in [6.45, 7) is 4.63. The Morgan fingerprint density at radius 3 is 2.85 bits per heavy atom. The molecule has 0 N–H and O–H groups in total. The number of carbonyl (C=O) groups is 1. The second kappa shape index (κ2) is 6.70. The fraction of sp³-hybridized carbons (Fsp3) is 0.533. The molecule has 2 atom stereocenters. The maximum atomic E-state index is 13.4. The van der Waals surface area contributed by atoms with Crippen molar-refractivity contribution in [2.24, 2.45) is 11.8 Å². The summed E-state index contributed by atoms with van der Waals surface area (Å²) in [6.07, 6.45) is 0. The van der Waals surface area contributed by atoms with E-state index >= 15 is 0 Å². The number of rotatable bonds is 5. The zero-order chi connectivity index (χ0) is 14.5. The van der Waals surface area contributed by atoms with Crippen LogP contribution in [0.1, 0.15) is 6.92 Å². The highest BCUT2D eigenvalue weighted by atomic mass is 19.1. The number of hydrogen-bond donors (Lipinski definition) is 0. The van der Waals surface area contributed by atoms with Gasteiger partial charge in [0, 0.05) is 19.6 Å². The third kappa shape index (κ3) is 3.48. The van der Waals surface area contributed by atoms with Gasteiger partial charge in [-0.25, -0.2) is 4.39 Å². The SMILES string of the molecule is COC(=O)C1CN(CCOc2ccccc2F)CC1C. The molecule has 0 bridgehead atoms. The molecule has 1 aromatic carbocycles. The van der Waals surface area contributed by atoms with Crippen LogP contribution in [0.5, 0.6) is 5.75 Å².